The number of pyridine rings is 1. The Hall–Kier alpha value is -2.79. The van der Waals surface area contributed by atoms with Crippen molar-refractivity contribution in [2.75, 3.05) is 0 Å². The van der Waals surface area contributed by atoms with Crippen molar-refractivity contribution < 1.29 is 0 Å². The molecule has 0 aliphatic carbocycles. The predicted molar refractivity (Wildman–Crippen MR) is 88.9 cm³/mol. The molecule has 4 aromatic rings. The van der Waals surface area contributed by atoms with Gasteiger partial charge in [-0.1, -0.05) is 36.4 Å². The number of hydrogen-bond donors (Lipinski definition) is 1. The standard InChI is InChI=1S/C17H11N3OS/c21-17-15-14(12(10-22-15)11-6-2-1-3-7-11)19-16(20-17)13-8-4-5-9-18-13/h1-10H,(H,19,20,21). The molecule has 4 rings (SSSR count). The molecule has 0 radical (unpaired) electrons. The second kappa shape index (κ2) is 5.20. The number of thiophene rings is 1. The van der Waals surface area contributed by atoms with Crippen molar-refractivity contribution in [1.82, 2.24) is 15.0 Å². The molecule has 106 valence electrons. The van der Waals surface area contributed by atoms with Gasteiger partial charge in [-0.15, -0.1) is 11.3 Å². The quantitative estimate of drug-likeness (QED) is 0.614. The van der Waals surface area contributed by atoms with E-state index in [4.69, 9.17) is 0 Å². The highest BCUT2D eigenvalue weighted by Gasteiger charge is 2.13. The van der Waals surface area contributed by atoms with E-state index in [1.807, 2.05) is 53.9 Å². The van der Waals surface area contributed by atoms with Crippen LogP contribution in [-0.2, 0) is 0 Å². The van der Waals surface area contributed by atoms with Crippen LogP contribution in [0, 0.1) is 0 Å². The molecule has 0 atom stereocenters. The van der Waals surface area contributed by atoms with E-state index in [0.29, 0.717) is 16.2 Å². The number of H-pyrrole nitrogens is 1. The Labute approximate surface area is 130 Å². The first-order valence-electron chi connectivity index (χ1n) is 6.81. The van der Waals surface area contributed by atoms with Crippen molar-refractivity contribution in [3.8, 4) is 22.6 Å². The monoisotopic (exact) mass is 305 g/mol. The second-order valence-electron chi connectivity index (χ2n) is 4.82. The highest BCUT2D eigenvalue weighted by Crippen LogP contribution is 2.31. The van der Waals surface area contributed by atoms with Crippen molar-refractivity contribution in [3.63, 3.8) is 0 Å². The fourth-order valence-electron chi connectivity index (χ4n) is 2.37. The van der Waals surface area contributed by atoms with E-state index in [1.165, 1.54) is 11.3 Å². The molecular formula is C17H11N3OS. The Bertz CT molecular complexity index is 991. The third-order valence-electron chi connectivity index (χ3n) is 3.42. The maximum atomic E-state index is 12.3. The van der Waals surface area contributed by atoms with Gasteiger partial charge in [-0.2, -0.15) is 0 Å². The van der Waals surface area contributed by atoms with Crippen LogP contribution in [0.15, 0.2) is 64.9 Å². The molecular weight excluding hydrogens is 294 g/mol. The number of benzene rings is 1. The zero-order valence-corrected chi connectivity index (χ0v) is 12.3. The smallest absolute Gasteiger partial charge is 0.269 e. The molecule has 0 unspecified atom stereocenters. The molecule has 1 aromatic carbocycles. The average Bonchev–Trinajstić information content (AvgIpc) is 3.01. The molecule has 1 N–H and O–H groups in total. The lowest BCUT2D eigenvalue weighted by molar-refractivity contribution is 1.15. The summed E-state index contributed by atoms with van der Waals surface area (Å²) in [7, 11) is 0. The minimum Gasteiger partial charge on any atom is -0.304 e. The van der Waals surface area contributed by atoms with Crippen molar-refractivity contribution in [3.05, 3.63) is 70.5 Å². The topological polar surface area (TPSA) is 58.6 Å². The molecule has 22 heavy (non-hydrogen) atoms. The van der Waals surface area contributed by atoms with E-state index in [-0.39, 0.29) is 5.56 Å². The van der Waals surface area contributed by atoms with Crippen LogP contribution >= 0.6 is 11.3 Å². The number of hydrogen-bond acceptors (Lipinski definition) is 4. The van der Waals surface area contributed by atoms with Crippen LogP contribution in [0.5, 0.6) is 0 Å². The molecule has 5 heteroatoms. The van der Waals surface area contributed by atoms with Gasteiger partial charge in [0.2, 0.25) is 0 Å². The molecule has 3 aromatic heterocycles. The number of aromatic amines is 1. The van der Waals surface area contributed by atoms with E-state index in [1.54, 1.807) is 6.20 Å². The lowest BCUT2D eigenvalue weighted by Gasteiger charge is -2.02. The predicted octanol–water partition coefficient (Wildman–Crippen LogP) is 3.71. The normalized spacial score (nSPS) is 10.9. The lowest BCUT2D eigenvalue weighted by Crippen LogP contribution is -2.08. The Morgan fingerprint density at radius 2 is 1.82 bits per heavy atom. The minimum absolute atomic E-state index is 0.127. The Morgan fingerprint density at radius 1 is 1.00 bits per heavy atom. The molecule has 0 aliphatic heterocycles. The zero-order chi connectivity index (χ0) is 14.9. The van der Waals surface area contributed by atoms with Gasteiger partial charge in [0.15, 0.2) is 5.82 Å². The summed E-state index contributed by atoms with van der Waals surface area (Å²) in [6.45, 7) is 0. The maximum absolute atomic E-state index is 12.3. The van der Waals surface area contributed by atoms with Gasteiger partial charge in [-0.3, -0.25) is 9.78 Å². The van der Waals surface area contributed by atoms with Gasteiger partial charge in [-0.25, -0.2) is 4.98 Å². The summed E-state index contributed by atoms with van der Waals surface area (Å²) >= 11 is 1.41. The first-order valence-corrected chi connectivity index (χ1v) is 7.69. The molecule has 3 heterocycles. The Balaban J connectivity index is 1.99. The third kappa shape index (κ3) is 2.12. The second-order valence-corrected chi connectivity index (χ2v) is 5.70. The molecule has 0 bridgehead atoms. The molecule has 0 spiro atoms. The number of fused-ring (bicyclic) bond motifs is 1. The van der Waals surface area contributed by atoms with Crippen LogP contribution in [0.1, 0.15) is 0 Å². The summed E-state index contributed by atoms with van der Waals surface area (Å²) in [5.74, 6) is 0.494. The summed E-state index contributed by atoms with van der Waals surface area (Å²) < 4.78 is 0.638. The van der Waals surface area contributed by atoms with E-state index in [9.17, 15) is 4.79 Å². The number of rotatable bonds is 2. The molecule has 0 aliphatic rings. The average molecular weight is 305 g/mol. The summed E-state index contributed by atoms with van der Waals surface area (Å²) in [5.41, 5.74) is 3.29. The van der Waals surface area contributed by atoms with E-state index < -0.39 is 0 Å². The van der Waals surface area contributed by atoms with Crippen LogP contribution in [0.4, 0.5) is 0 Å². The van der Waals surface area contributed by atoms with Gasteiger partial charge in [0, 0.05) is 17.1 Å². The van der Waals surface area contributed by atoms with Crippen LogP contribution in [-0.4, -0.2) is 15.0 Å². The lowest BCUT2D eigenvalue weighted by atomic mass is 10.1. The van der Waals surface area contributed by atoms with E-state index in [0.717, 1.165) is 16.6 Å². The van der Waals surface area contributed by atoms with Crippen LogP contribution in [0.2, 0.25) is 0 Å². The molecule has 4 nitrogen and oxygen atoms in total. The maximum Gasteiger partial charge on any atom is 0.269 e. The fourth-order valence-corrected chi connectivity index (χ4v) is 3.28. The van der Waals surface area contributed by atoms with Gasteiger partial charge in [0.1, 0.15) is 10.4 Å². The van der Waals surface area contributed by atoms with E-state index >= 15 is 0 Å². The minimum atomic E-state index is -0.127. The first-order chi connectivity index (χ1) is 10.8. The van der Waals surface area contributed by atoms with Gasteiger partial charge in [0.25, 0.3) is 5.56 Å². The molecule has 0 fully saturated rings. The third-order valence-corrected chi connectivity index (χ3v) is 4.39. The van der Waals surface area contributed by atoms with Gasteiger partial charge in [0.05, 0.1) is 5.52 Å². The SMILES string of the molecule is O=c1[nH]c(-c2ccccn2)nc2c(-c3ccccc3)csc12. The molecule has 0 saturated carbocycles. The fraction of sp³-hybridized carbons (Fsp3) is 0. The summed E-state index contributed by atoms with van der Waals surface area (Å²) in [6, 6.07) is 15.5. The van der Waals surface area contributed by atoms with Crippen molar-refractivity contribution in [2.24, 2.45) is 0 Å². The first kappa shape index (κ1) is 12.9. The van der Waals surface area contributed by atoms with Gasteiger partial charge >= 0.3 is 0 Å². The summed E-state index contributed by atoms with van der Waals surface area (Å²) in [6.07, 6.45) is 1.69. The molecule has 0 saturated heterocycles. The van der Waals surface area contributed by atoms with Crippen molar-refractivity contribution in [1.29, 1.82) is 0 Å². The van der Waals surface area contributed by atoms with E-state index in [2.05, 4.69) is 15.0 Å². The Kier molecular flexibility index (Phi) is 3.05. The summed E-state index contributed by atoms with van der Waals surface area (Å²) in [4.78, 5) is 24.0. The summed E-state index contributed by atoms with van der Waals surface area (Å²) in [5, 5.41) is 1.98. The Morgan fingerprint density at radius 3 is 2.59 bits per heavy atom. The number of nitrogens with zero attached hydrogens (tertiary/aromatic N) is 2. The van der Waals surface area contributed by atoms with Crippen LogP contribution in [0.3, 0.4) is 0 Å². The van der Waals surface area contributed by atoms with Crippen LogP contribution < -0.4 is 5.56 Å². The number of aromatic nitrogens is 3. The highest BCUT2D eigenvalue weighted by atomic mass is 32.1. The number of nitrogens with one attached hydrogen (secondary N) is 1. The van der Waals surface area contributed by atoms with Crippen LogP contribution in [0.25, 0.3) is 32.9 Å². The van der Waals surface area contributed by atoms with Crippen molar-refractivity contribution in [2.45, 2.75) is 0 Å². The highest BCUT2D eigenvalue weighted by molar-refractivity contribution is 7.17. The van der Waals surface area contributed by atoms with Crippen molar-refractivity contribution >= 4 is 21.6 Å². The van der Waals surface area contributed by atoms with Gasteiger partial charge in [-0.05, 0) is 17.7 Å². The van der Waals surface area contributed by atoms with Gasteiger partial charge < -0.3 is 4.98 Å². The molecule has 0 amide bonds. The largest absolute Gasteiger partial charge is 0.304 e. The zero-order valence-electron chi connectivity index (χ0n) is 11.5.